The molecule has 0 saturated heterocycles. The molecule has 212 valence electrons. The molecule has 0 aromatic heterocycles. The molecule has 0 spiro atoms. The molecule has 2 unspecified atom stereocenters. The molecule has 0 bridgehead atoms. The van der Waals surface area contributed by atoms with Crippen molar-refractivity contribution in [3.63, 3.8) is 0 Å². The van der Waals surface area contributed by atoms with Crippen molar-refractivity contribution in [2.75, 3.05) is 11.9 Å². The number of allylic oxidation sites excluding steroid dienone is 12. The van der Waals surface area contributed by atoms with Crippen LogP contribution in [0.4, 0.5) is 11.4 Å². The van der Waals surface area contributed by atoms with Crippen molar-refractivity contribution in [1.29, 1.82) is 0 Å². The highest BCUT2D eigenvalue weighted by Gasteiger charge is 2.40. The van der Waals surface area contributed by atoms with Gasteiger partial charge in [-0.1, -0.05) is 113 Å². The Morgan fingerprint density at radius 3 is 2.68 bits per heavy atom. The first-order valence-corrected chi connectivity index (χ1v) is 16.2. The first kappa shape index (κ1) is 27.8. The molecule has 6 rings (SSSR count). The van der Waals surface area contributed by atoms with E-state index >= 15 is 0 Å². The van der Waals surface area contributed by atoms with Gasteiger partial charge in [-0.25, -0.2) is 0 Å². The Hall–Kier alpha value is -3.32. The quantitative estimate of drug-likeness (QED) is 0.285. The maximum absolute atomic E-state index is 2.53. The summed E-state index contributed by atoms with van der Waals surface area (Å²) in [6.07, 6.45) is 28.9. The number of rotatable bonds is 9. The van der Waals surface area contributed by atoms with Gasteiger partial charge in [-0.3, -0.25) is 0 Å². The summed E-state index contributed by atoms with van der Waals surface area (Å²) in [7, 11) is 2.23. The van der Waals surface area contributed by atoms with Gasteiger partial charge >= 0.3 is 0 Å². The van der Waals surface area contributed by atoms with Crippen LogP contribution in [0.3, 0.4) is 0 Å². The SMILES string of the molecule is CCCCCCC1(C)C2=C(C=CCC2)c2ccc(N(C)c3cccc(C4=CCCC(C5=CC=CC(C)C5)=C4)c3)cc21. The van der Waals surface area contributed by atoms with Gasteiger partial charge in [0.05, 0.1) is 0 Å². The smallest absolute Gasteiger partial charge is 0.0414 e. The van der Waals surface area contributed by atoms with Crippen molar-refractivity contribution in [3.05, 3.63) is 118 Å². The van der Waals surface area contributed by atoms with E-state index in [-0.39, 0.29) is 5.41 Å². The second-order valence-corrected chi connectivity index (χ2v) is 12.9. The van der Waals surface area contributed by atoms with Crippen LogP contribution >= 0.6 is 0 Å². The van der Waals surface area contributed by atoms with E-state index in [1.54, 1.807) is 5.57 Å². The Balaban J connectivity index is 1.28. The summed E-state index contributed by atoms with van der Waals surface area (Å²) in [5, 5.41) is 0. The Bertz CT molecular complexity index is 1490. The molecule has 0 N–H and O–H groups in total. The highest BCUT2D eigenvalue weighted by Crippen LogP contribution is 2.53. The van der Waals surface area contributed by atoms with Gasteiger partial charge in [-0.15, -0.1) is 0 Å². The average Bonchev–Trinajstić information content (AvgIpc) is 3.27. The van der Waals surface area contributed by atoms with Crippen molar-refractivity contribution in [1.82, 2.24) is 0 Å². The lowest BCUT2D eigenvalue weighted by molar-refractivity contribution is 0.464. The van der Waals surface area contributed by atoms with Gasteiger partial charge in [0, 0.05) is 23.8 Å². The summed E-state index contributed by atoms with van der Waals surface area (Å²) in [5.74, 6) is 0.629. The number of hydrogen-bond donors (Lipinski definition) is 0. The van der Waals surface area contributed by atoms with E-state index in [0.717, 1.165) is 19.3 Å². The molecule has 1 heteroatoms. The third-order valence-electron chi connectivity index (χ3n) is 10.0. The lowest BCUT2D eigenvalue weighted by atomic mass is 9.73. The van der Waals surface area contributed by atoms with Crippen LogP contribution in [0.5, 0.6) is 0 Å². The summed E-state index contributed by atoms with van der Waals surface area (Å²) < 4.78 is 0. The molecule has 0 amide bonds. The Kier molecular flexibility index (Phi) is 8.07. The molecule has 41 heavy (non-hydrogen) atoms. The van der Waals surface area contributed by atoms with Gasteiger partial charge < -0.3 is 4.90 Å². The third kappa shape index (κ3) is 5.49. The molecule has 4 aliphatic rings. The summed E-state index contributed by atoms with van der Waals surface area (Å²) in [4.78, 5) is 2.39. The number of anilines is 2. The fourth-order valence-electron chi connectivity index (χ4n) is 7.56. The normalized spacial score (nSPS) is 23.1. The summed E-state index contributed by atoms with van der Waals surface area (Å²) in [5.41, 5.74) is 14.6. The molecule has 0 fully saturated rings. The zero-order chi connectivity index (χ0) is 28.4. The molecule has 0 heterocycles. The number of hydrogen-bond acceptors (Lipinski definition) is 1. The second kappa shape index (κ2) is 11.9. The number of benzene rings is 2. The van der Waals surface area contributed by atoms with Crippen LogP contribution in [0.1, 0.15) is 102 Å². The van der Waals surface area contributed by atoms with Gasteiger partial charge in [-0.2, -0.15) is 0 Å². The zero-order valence-electron chi connectivity index (χ0n) is 25.7. The first-order chi connectivity index (χ1) is 20.0. The van der Waals surface area contributed by atoms with Crippen LogP contribution in [0.2, 0.25) is 0 Å². The lowest BCUT2D eigenvalue weighted by Crippen LogP contribution is -2.23. The van der Waals surface area contributed by atoms with Crippen molar-refractivity contribution in [2.24, 2.45) is 5.92 Å². The Morgan fingerprint density at radius 1 is 0.951 bits per heavy atom. The minimum absolute atomic E-state index is 0.149. The summed E-state index contributed by atoms with van der Waals surface area (Å²) in [6, 6.07) is 16.4. The Labute approximate surface area is 248 Å². The predicted molar refractivity (Wildman–Crippen MR) is 179 cm³/mol. The van der Waals surface area contributed by atoms with E-state index in [9.17, 15) is 0 Å². The van der Waals surface area contributed by atoms with Crippen molar-refractivity contribution < 1.29 is 0 Å². The maximum atomic E-state index is 2.53. The van der Waals surface area contributed by atoms with E-state index in [1.165, 1.54) is 95.3 Å². The van der Waals surface area contributed by atoms with Crippen LogP contribution in [0, 0.1) is 5.92 Å². The highest BCUT2D eigenvalue weighted by atomic mass is 15.1. The predicted octanol–water partition coefficient (Wildman–Crippen LogP) is 11.4. The molecule has 2 atom stereocenters. The van der Waals surface area contributed by atoms with Crippen molar-refractivity contribution in [3.8, 4) is 0 Å². The van der Waals surface area contributed by atoms with Crippen LogP contribution in [0.15, 0.2) is 102 Å². The Morgan fingerprint density at radius 2 is 1.83 bits per heavy atom. The van der Waals surface area contributed by atoms with Gasteiger partial charge in [-0.05, 0) is 108 Å². The first-order valence-electron chi connectivity index (χ1n) is 16.2. The van der Waals surface area contributed by atoms with E-state index in [0.29, 0.717) is 5.92 Å². The molecule has 2 aromatic rings. The highest BCUT2D eigenvalue weighted by molar-refractivity contribution is 5.88. The van der Waals surface area contributed by atoms with Gasteiger partial charge in [0.1, 0.15) is 0 Å². The molecule has 0 radical (unpaired) electrons. The molecule has 2 aromatic carbocycles. The molecular weight excluding hydrogens is 494 g/mol. The van der Waals surface area contributed by atoms with Crippen LogP contribution < -0.4 is 4.90 Å². The van der Waals surface area contributed by atoms with E-state index in [1.807, 2.05) is 0 Å². The van der Waals surface area contributed by atoms with Crippen LogP contribution in [-0.4, -0.2) is 7.05 Å². The number of unbranched alkanes of at least 4 members (excludes halogenated alkanes) is 3. The van der Waals surface area contributed by atoms with Crippen LogP contribution in [-0.2, 0) is 5.41 Å². The van der Waals surface area contributed by atoms with Gasteiger partial charge in [0.25, 0.3) is 0 Å². The molecule has 1 nitrogen and oxygen atoms in total. The minimum Gasteiger partial charge on any atom is -0.345 e. The fraction of sp³-hybridized carbons (Fsp3) is 0.400. The molecule has 0 aliphatic heterocycles. The zero-order valence-corrected chi connectivity index (χ0v) is 25.7. The molecular formula is C40H47N. The number of fused-ring (bicyclic) bond motifs is 2. The van der Waals surface area contributed by atoms with Gasteiger partial charge in [0.15, 0.2) is 0 Å². The van der Waals surface area contributed by atoms with Crippen molar-refractivity contribution >= 4 is 22.5 Å². The molecule has 4 aliphatic carbocycles. The largest absolute Gasteiger partial charge is 0.345 e. The summed E-state index contributed by atoms with van der Waals surface area (Å²) >= 11 is 0. The van der Waals surface area contributed by atoms with E-state index in [4.69, 9.17) is 0 Å². The number of nitrogens with zero attached hydrogens (tertiary/aromatic N) is 1. The lowest BCUT2D eigenvalue weighted by Gasteiger charge is -2.32. The standard InChI is InChI=1S/C40H47N/c1-5-6-7-10-24-40(3)38-21-9-8-20-36(38)37-23-22-35(28-39(37)40)41(4)34-19-13-18-33(27-34)32-17-12-16-31(26-32)30-15-11-14-29(2)25-30/h8,11,13-15,17-20,22-23,26-29H,5-7,9-10,12,16,21,24-25H2,1-4H3. The van der Waals surface area contributed by atoms with E-state index < -0.39 is 0 Å². The van der Waals surface area contributed by atoms with E-state index in [2.05, 4.69) is 118 Å². The average molecular weight is 542 g/mol. The molecule has 0 saturated carbocycles. The third-order valence-corrected chi connectivity index (χ3v) is 10.0. The maximum Gasteiger partial charge on any atom is 0.0414 e. The van der Waals surface area contributed by atoms with Crippen LogP contribution in [0.25, 0.3) is 11.1 Å². The topological polar surface area (TPSA) is 3.24 Å². The fourth-order valence-corrected chi connectivity index (χ4v) is 7.56. The monoisotopic (exact) mass is 541 g/mol. The van der Waals surface area contributed by atoms with Crippen molar-refractivity contribution in [2.45, 2.75) is 90.4 Å². The summed E-state index contributed by atoms with van der Waals surface area (Å²) in [6.45, 7) is 7.16. The second-order valence-electron chi connectivity index (χ2n) is 12.9. The minimum atomic E-state index is 0.149. The van der Waals surface area contributed by atoms with Gasteiger partial charge in [0.2, 0.25) is 0 Å².